The van der Waals surface area contributed by atoms with Crippen molar-refractivity contribution in [2.75, 3.05) is 13.2 Å². The van der Waals surface area contributed by atoms with Crippen LogP contribution in [0.4, 0.5) is 0 Å². The quantitative estimate of drug-likeness (QED) is 0.584. The Labute approximate surface area is 94.0 Å². The fourth-order valence-electron chi connectivity index (χ4n) is 2.05. The molecule has 0 radical (unpaired) electrons. The van der Waals surface area contributed by atoms with E-state index in [0.29, 0.717) is 19.3 Å². The van der Waals surface area contributed by atoms with Crippen molar-refractivity contribution in [3.63, 3.8) is 0 Å². The van der Waals surface area contributed by atoms with Gasteiger partial charge in [-0.1, -0.05) is 0 Å². The van der Waals surface area contributed by atoms with Crippen molar-refractivity contribution in [3.8, 4) is 0 Å². The van der Waals surface area contributed by atoms with E-state index in [1.807, 2.05) is 0 Å². The summed E-state index contributed by atoms with van der Waals surface area (Å²) in [6, 6.07) is -0.815. The van der Waals surface area contributed by atoms with Crippen LogP contribution in [0.25, 0.3) is 0 Å². The summed E-state index contributed by atoms with van der Waals surface area (Å²) in [6.45, 7) is -0.388. The number of nitrogens with two attached hydrogens (primary N) is 1. The van der Waals surface area contributed by atoms with Gasteiger partial charge in [0.05, 0.1) is 6.04 Å². The topological polar surface area (TPSA) is 104 Å². The monoisotopic (exact) mass is 230 g/mol. The molecule has 1 rings (SSSR count). The zero-order valence-electron chi connectivity index (χ0n) is 9.13. The molecule has 1 aliphatic rings. The number of nitrogens with zero attached hydrogens (tertiary/aromatic N) is 1. The van der Waals surface area contributed by atoms with E-state index >= 15 is 0 Å². The smallest absolute Gasteiger partial charge is 0.323 e. The summed E-state index contributed by atoms with van der Waals surface area (Å²) in [4.78, 5) is 23.8. The van der Waals surface area contributed by atoms with Gasteiger partial charge in [-0.25, -0.2) is 0 Å². The summed E-state index contributed by atoms with van der Waals surface area (Å²) in [6.07, 6.45) is 2.48. The Kier molecular flexibility index (Phi) is 4.70. The first kappa shape index (κ1) is 12.9. The third-order valence-electron chi connectivity index (χ3n) is 2.86. The molecule has 6 nitrogen and oxygen atoms in total. The molecule has 1 unspecified atom stereocenters. The highest BCUT2D eigenvalue weighted by Crippen LogP contribution is 2.19. The standard InChI is InChI=1S/C10H18N2O4/c11-8-3-1-2-7(4-5-13)12(10(8)16)6-9(14)15/h7-8,13H,1-6,11H2,(H,14,15)/t7?,8-/m0/s1. The molecule has 0 aromatic rings. The summed E-state index contributed by atoms with van der Waals surface area (Å²) in [5.41, 5.74) is 5.66. The van der Waals surface area contributed by atoms with Gasteiger partial charge in [0.15, 0.2) is 0 Å². The van der Waals surface area contributed by atoms with E-state index in [1.165, 1.54) is 4.90 Å². The zero-order valence-corrected chi connectivity index (χ0v) is 9.13. The third-order valence-corrected chi connectivity index (χ3v) is 2.86. The Hall–Kier alpha value is -1.14. The van der Waals surface area contributed by atoms with E-state index in [-0.39, 0.29) is 25.1 Å². The average Bonchev–Trinajstić information content (AvgIpc) is 2.33. The Morgan fingerprint density at radius 2 is 2.19 bits per heavy atom. The number of carboxylic acid groups (broad SMARTS) is 1. The highest BCUT2D eigenvalue weighted by Gasteiger charge is 2.31. The molecule has 1 saturated heterocycles. The SMILES string of the molecule is N[C@H]1CCCC(CCO)N(CC(=O)O)C1=O. The van der Waals surface area contributed by atoms with E-state index in [0.717, 1.165) is 6.42 Å². The molecule has 16 heavy (non-hydrogen) atoms. The number of hydrogen-bond donors (Lipinski definition) is 3. The van der Waals surface area contributed by atoms with Crippen LogP contribution < -0.4 is 5.73 Å². The van der Waals surface area contributed by atoms with Gasteiger partial charge < -0.3 is 20.8 Å². The number of aliphatic hydroxyl groups excluding tert-OH is 1. The summed E-state index contributed by atoms with van der Waals surface area (Å²) in [5.74, 6) is -1.37. The van der Waals surface area contributed by atoms with E-state index in [2.05, 4.69) is 0 Å². The zero-order chi connectivity index (χ0) is 12.1. The maximum atomic E-state index is 11.8. The van der Waals surface area contributed by atoms with Crippen LogP contribution in [0.3, 0.4) is 0 Å². The lowest BCUT2D eigenvalue weighted by Crippen LogP contribution is -2.49. The molecule has 4 N–H and O–H groups in total. The van der Waals surface area contributed by atoms with Crippen LogP contribution in [-0.4, -0.2) is 52.2 Å². The van der Waals surface area contributed by atoms with Gasteiger partial charge in [-0.15, -0.1) is 0 Å². The molecule has 2 atom stereocenters. The fourth-order valence-corrected chi connectivity index (χ4v) is 2.05. The second kappa shape index (κ2) is 5.81. The van der Waals surface area contributed by atoms with Crippen LogP contribution >= 0.6 is 0 Å². The molecule has 0 aromatic carbocycles. The van der Waals surface area contributed by atoms with Crippen molar-refractivity contribution in [2.24, 2.45) is 5.73 Å². The van der Waals surface area contributed by atoms with Gasteiger partial charge in [0, 0.05) is 12.6 Å². The average molecular weight is 230 g/mol. The summed E-state index contributed by atoms with van der Waals surface area (Å²) < 4.78 is 0. The molecule has 0 bridgehead atoms. The van der Waals surface area contributed by atoms with Gasteiger partial charge in [-0.2, -0.15) is 0 Å². The van der Waals surface area contributed by atoms with Crippen molar-refractivity contribution >= 4 is 11.9 Å². The van der Waals surface area contributed by atoms with Gasteiger partial charge in [-0.05, 0) is 25.7 Å². The molecule has 0 aromatic heterocycles. The lowest BCUT2D eigenvalue weighted by atomic mass is 10.1. The first-order valence-electron chi connectivity index (χ1n) is 5.45. The number of carbonyl (C=O) groups is 2. The minimum atomic E-state index is -1.05. The summed E-state index contributed by atoms with van der Waals surface area (Å²) >= 11 is 0. The van der Waals surface area contributed by atoms with Crippen molar-refractivity contribution in [1.29, 1.82) is 0 Å². The molecule has 0 spiro atoms. The second-order valence-corrected chi connectivity index (χ2v) is 4.06. The van der Waals surface area contributed by atoms with Crippen molar-refractivity contribution in [3.05, 3.63) is 0 Å². The minimum Gasteiger partial charge on any atom is -0.480 e. The molecule has 1 aliphatic heterocycles. The van der Waals surface area contributed by atoms with E-state index in [9.17, 15) is 9.59 Å². The molecule has 1 amide bonds. The van der Waals surface area contributed by atoms with Crippen LogP contribution in [0.2, 0.25) is 0 Å². The van der Waals surface area contributed by atoms with Crippen LogP contribution in [0.1, 0.15) is 25.7 Å². The van der Waals surface area contributed by atoms with Crippen molar-refractivity contribution in [2.45, 2.75) is 37.8 Å². The first-order valence-corrected chi connectivity index (χ1v) is 5.45. The predicted molar refractivity (Wildman–Crippen MR) is 56.7 cm³/mol. The van der Waals surface area contributed by atoms with Crippen LogP contribution in [0.15, 0.2) is 0 Å². The van der Waals surface area contributed by atoms with Gasteiger partial charge in [-0.3, -0.25) is 9.59 Å². The number of carboxylic acids is 1. The lowest BCUT2D eigenvalue weighted by molar-refractivity contribution is -0.146. The minimum absolute atomic E-state index is 0.0523. The predicted octanol–water partition coefficient (Wildman–Crippen LogP) is -0.838. The van der Waals surface area contributed by atoms with Crippen LogP contribution in [0, 0.1) is 0 Å². The molecule has 1 fully saturated rings. The summed E-state index contributed by atoms with van der Waals surface area (Å²) in [7, 11) is 0. The van der Waals surface area contributed by atoms with E-state index in [4.69, 9.17) is 15.9 Å². The van der Waals surface area contributed by atoms with Crippen LogP contribution in [0.5, 0.6) is 0 Å². The fraction of sp³-hybridized carbons (Fsp3) is 0.800. The number of likely N-dealkylation sites (tertiary alicyclic amines) is 1. The van der Waals surface area contributed by atoms with Gasteiger partial charge >= 0.3 is 5.97 Å². The second-order valence-electron chi connectivity index (χ2n) is 4.06. The number of carbonyl (C=O) groups excluding carboxylic acids is 1. The molecule has 1 heterocycles. The molecule has 0 saturated carbocycles. The van der Waals surface area contributed by atoms with Gasteiger partial charge in [0.2, 0.25) is 5.91 Å². The maximum Gasteiger partial charge on any atom is 0.323 e. The number of hydrogen-bond acceptors (Lipinski definition) is 4. The van der Waals surface area contributed by atoms with E-state index < -0.39 is 12.0 Å². The van der Waals surface area contributed by atoms with Crippen molar-refractivity contribution < 1.29 is 19.8 Å². The number of rotatable bonds is 4. The lowest BCUT2D eigenvalue weighted by Gasteiger charge is -2.29. The third kappa shape index (κ3) is 3.18. The molecular formula is C10H18N2O4. The highest BCUT2D eigenvalue weighted by molar-refractivity contribution is 5.85. The Morgan fingerprint density at radius 3 is 2.75 bits per heavy atom. The molecule has 92 valence electrons. The van der Waals surface area contributed by atoms with Crippen molar-refractivity contribution in [1.82, 2.24) is 4.90 Å². The largest absolute Gasteiger partial charge is 0.480 e. The molecular weight excluding hydrogens is 212 g/mol. The van der Waals surface area contributed by atoms with Gasteiger partial charge in [0.25, 0.3) is 0 Å². The maximum absolute atomic E-state index is 11.8. The molecule has 0 aliphatic carbocycles. The van der Waals surface area contributed by atoms with E-state index in [1.54, 1.807) is 0 Å². The Morgan fingerprint density at radius 1 is 1.50 bits per heavy atom. The normalized spacial score (nSPS) is 26.6. The molecule has 6 heteroatoms. The number of amides is 1. The number of aliphatic carboxylic acids is 1. The Balaban J connectivity index is 2.79. The summed E-state index contributed by atoms with van der Waals surface area (Å²) in [5, 5.41) is 17.6. The highest BCUT2D eigenvalue weighted by atomic mass is 16.4. The first-order chi connectivity index (χ1) is 7.56. The number of aliphatic hydroxyl groups is 1. The van der Waals surface area contributed by atoms with Gasteiger partial charge in [0.1, 0.15) is 6.54 Å². The Bertz CT molecular complexity index is 270. The van der Waals surface area contributed by atoms with Crippen LogP contribution in [-0.2, 0) is 9.59 Å².